The molecule has 0 saturated heterocycles. The Hall–Kier alpha value is -2.30. The van der Waals surface area contributed by atoms with Gasteiger partial charge in [0.1, 0.15) is 0 Å². The van der Waals surface area contributed by atoms with Crippen molar-refractivity contribution in [3.63, 3.8) is 0 Å². The first-order valence-electron chi connectivity index (χ1n) is 6.93. The van der Waals surface area contributed by atoms with Gasteiger partial charge in [-0.1, -0.05) is 19.1 Å². The molecular weight excluding hydrogens is 252 g/mol. The maximum absolute atomic E-state index is 12.2. The average molecular weight is 270 g/mol. The zero-order valence-corrected chi connectivity index (χ0v) is 11.4. The summed E-state index contributed by atoms with van der Waals surface area (Å²) in [4.78, 5) is 12.2. The molecular formula is C15H18N4O. The van der Waals surface area contributed by atoms with E-state index < -0.39 is 0 Å². The van der Waals surface area contributed by atoms with Gasteiger partial charge in [-0.05, 0) is 37.0 Å². The number of anilines is 2. The minimum absolute atomic E-state index is 0.265. The van der Waals surface area contributed by atoms with E-state index in [4.69, 9.17) is 5.73 Å². The molecule has 0 spiro atoms. The van der Waals surface area contributed by atoms with Crippen LogP contribution >= 0.6 is 0 Å². The summed E-state index contributed by atoms with van der Waals surface area (Å²) in [6.07, 6.45) is 3.16. The number of hydrogen-bond donors (Lipinski definition) is 3. The zero-order chi connectivity index (χ0) is 14.1. The quantitative estimate of drug-likeness (QED) is 0.798. The number of carbonyl (C=O) groups is 1. The van der Waals surface area contributed by atoms with Gasteiger partial charge >= 0.3 is 0 Å². The van der Waals surface area contributed by atoms with Crippen molar-refractivity contribution < 1.29 is 4.79 Å². The molecule has 20 heavy (non-hydrogen) atoms. The molecule has 1 aromatic heterocycles. The summed E-state index contributed by atoms with van der Waals surface area (Å²) in [5, 5.41) is 9.79. The number of benzene rings is 1. The lowest BCUT2D eigenvalue weighted by Gasteiger charge is -2.05. The number of hydrogen-bond acceptors (Lipinski definition) is 3. The number of nitrogen functional groups attached to an aromatic ring is 1. The summed E-state index contributed by atoms with van der Waals surface area (Å²) in [5.74, 6) is 0.186. The summed E-state index contributed by atoms with van der Waals surface area (Å²) in [6, 6.07) is 7.78. The molecule has 0 radical (unpaired) electrons. The number of H-pyrrole nitrogens is 1. The number of aryl methyl sites for hydroxylation is 1. The van der Waals surface area contributed by atoms with Crippen LogP contribution in [0.4, 0.5) is 11.4 Å². The SMILES string of the molecule is CCc1cccc(NC(=O)c2n[nH]c(C3CC3)c2N)c1. The van der Waals surface area contributed by atoms with Gasteiger partial charge < -0.3 is 11.1 Å². The molecule has 0 atom stereocenters. The molecule has 1 fully saturated rings. The second kappa shape index (κ2) is 5.00. The number of aromatic amines is 1. The van der Waals surface area contributed by atoms with E-state index in [0.29, 0.717) is 11.6 Å². The van der Waals surface area contributed by atoms with Gasteiger partial charge in [-0.25, -0.2) is 0 Å². The number of nitrogens with one attached hydrogen (secondary N) is 2. The maximum Gasteiger partial charge on any atom is 0.278 e. The Morgan fingerprint density at radius 2 is 2.30 bits per heavy atom. The molecule has 3 rings (SSSR count). The lowest BCUT2D eigenvalue weighted by molar-refractivity contribution is 0.102. The van der Waals surface area contributed by atoms with Crippen molar-refractivity contribution in [2.75, 3.05) is 11.1 Å². The second-order valence-electron chi connectivity index (χ2n) is 5.18. The highest BCUT2D eigenvalue weighted by molar-refractivity contribution is 6.06. The first kappa shape index (κ1) is 12.7. The largest absolute Gasteiger partial charge is 0.395 e. The van der Waals surface area contributed by atoms with Crippen LogP contribution < -0.4 is 11.1 Å². The molecule has 0 aliphatic heterocycles. The van der Waals surface area contributed by atoms with E-state index in [-0.39, 0.29) is 11.6 Å². The lowest BCUT2D eigenvalue weighted by atomic mass is 10.1. The van der Waals surface area contributed by atoms with Crippen LogP contribution in [0.25, 0.3) is 0 Å². The normalized spacial score (nSPS) is 14.2. The van der Waals surface area contributed by atoms with Gasteiger partial charge in [-0.15, -0.1) is 0 Å². The van der Waals surface area contributed by atoms with E-state index in [2.05, 4.69) is 22.4 Å². The Bertz CT molecular complexity index is 643. The highest BCUT2D eigenvalue weighted by atomic mass is 16.2. The Labute approximate surface area is 117 Å². The number of amides is 1. The topological polar surface area (TPSA) is 83.8 Å². The molecule has 4 N–H and O–H groups in total. The predicted octanol–water partition coefficient (Wildman–Crippen LogP) is 2.68. The number of nitrogens with two attached hydrogens (primary N) is 1. The minimum atomic E-state index is -0.265. The minimum Gasteiger partial charge on any atom is -0.395 e. The number of nitrogens with zero attached hydrogens (tertiary/aromatic N) is 1. The fourth-order valence-corrected chi connectivity index (χ4v) is 2.28. The maximum atomic E-state index is 12.2. The molecule has 1 aromatic carbocycles. The number of aromatic nitrogens is 2. The standard InChI is InChI=1S/C15H18N4O/c1-2-9-4-3-5-11(8-9)17-15(20)14-12(16)13(18-19-14)10-6-7-10/h3-5,8,10H,2,6-7,16H2,1H3,(H,17,20)(H,18,19). The summed E-state index contributed by atoms with van der Waals surface area (Å²) < 4.78 is 0. The highest BCUT2D eigenvalue weighted by Gasteiger charge is 2.30. The Morgan fingerprint density at radius 1 is 1.50 bits per heavy atom. The molecule has 5 nitrogen and oxygen atoms in total. The van der Waals surface area contributed by atoms with Crippen LogP contribution in [0.3, 0.4) is 0 Å². The van der Waals surface area contributed by atoms with Crippen LogP contribution in [0, 0.1) is 0 Å². The third-order valence-electron chi connectivity index (χ3n) is 3.63. The number of carbonyl (C=O) groups excluding carboxylic acids is 1. The molecule has 1 saturated carbocycles. The lowest BCUT2D eigenvalue weighted by Crippen LogP contribution is -2.14. The van der Waals surface area contributed by atoms with Crippen LogP contribution in [0.1, 0.15) is 47.4 Å². The van der Waals surface area contributed by atoms with Gasteiger partial charge in [-0.2, -0.15) is 5.10 Å². The van der Waals surface area contributed by atoms with E-state index >= 15 is 0 Å². The van der Waals surface area contributed by atoms with Crippen molar-refractivity contribution in [2.24, 2.45) is 0 Å². The molecule has 0 unspecified atom stereocenters. The molecule has 0 bridgehead atoms. The summed E-state index contributed by atoms with van der Waals surface area (Å²) in [7, 11) is 0. The first-order chi connectivity index (χ1) is 9.69. The van der Waals surface area contributed by atoms with Crippen LogP contribution in [0.15, 0.2) is 24.3 Å². The van der Waals surface area contributed by atoms with Crippen molar-refractivity contribution in [3.8, 4) is 0 Å². The third-order valence-corrected chi connectivity index (χ3v) is 3.63. The number of rotatable bonds is 4. The van der Waals surface area contributed by atoms with Gasteiger partial charge in [0.2, 0.25) is 0 Å². The van der Waals surface area contributed by atoms with Crippen molar-refractivity contribution in [1.82, 2.24) is 10.2 Å². The average Bonchev–Trinajstić information content (AvgIpc) is 3.22. The molecule has 2 aromatic rings. The van der Waals surface area contributed by atoms with Crippen LogP contribution in [0.2, 0.25) is 0 Å². The van der Waals surface area contributed by atoms with E-state index in [0.717, 1.165) is 30.6 Å². The molecule has 104 valence electrons. The molecule has 5 heteroatoms. The van der Waals surface area contributed by atoms with Gasteiger partial charge in [0.05, 0.1) is 11.4 Å². The second-order valence-corrected chi connectivity index (χ2v) is 5.18. The molecule has 1 aliphatic rings. The molecule has 1 aliphatic carbocycles. The highest BCUT2D eigenvalue weighted by Crippen LogP contribution is 2.42. The smallest absolute Gasteiger partial charge is 0.278 e. The monoisotopic (exact) mass is 270 g/mol. The van der Waals surface area contributed by atoms with E-state index in [9.17, 15) is 4.79 Å². The van der Waals surface area contributed by atoms with E-state index in [1.807, 2.05) is 24.3 Å². The van der Waals surface area contributed by atoms with Crippen molar-refractivity contribution in [2.45, 2.75) is 32.1 Å². The molecule has 1 amide bonds. The van der Waals surface area contributed by atoms with Crippen molar-refractivity contribution >= 4 is 17.3 Å². The van der Waals surface area contributed by atoms with Crippen LogP contribution in [0.5, 0.6) is 0 Å². The van der Waals surface area contributed by atoms with Crippen LogP contribution in [-0.2, 0) is 6.42 Å². The Balaban J connectivity index is 1.78. The van der Waals surface area contributed by atoms with Gasteiger partial charge in [0.15, 0.2) is 5.69 Å². The third kappa shape index (κ3) is 2.39. The Morgan fingerprint density at radius 3 is 3.00 bits per heavy atom. The van der Waals surface area contributed by atoms with Gasteiger partial charge in [-0.3, -0.25) is 9.89 Å². The predicted molar refractivity (Wildman–Crippen MR) is 78.7 cm³/mol. The first-order valence-corrected chi connectivity index (χ1v) is 6.93. The van der Waals surface area contributed by atoms with Crippen LogP contribution in [-0.4, -0.2) is 16.1 Å². The molecule has 1 heterocycles. The zero-order valence-electron chi connectivity index (χ0n) is 11.4. The van der Waals surface area contributed by atoms with Gasteiger partial charge in [0, 0.05) is 11.6 Å². The van der Waals surface area contributed by atoms with Crippen molar-refractivity contribution in [1.29, 1.82) is 0 Å². The van der Waals surface area contributed by atoms with Crippen molar-refractivity contribution in [3.05, 3.63) is 41.2 Å². The van der Waals surface area contributed by atoms with E-state index in [1.54, 1.807) is 0 Å². The summed E-state index contributed by atoms with van der Waals surface area (Å²) in [6.45, 7) is 2.08. The fraction of sp³-hybridized carbons (Fsp3) is 0.333. The van der Waals surface area contributed by atoms with Gasteiger partial charge in [0.25, 0.3) is 5.91 Å². The fourth-order valence-electron chi connectivity index (χ4n) is 2.28. The van der Waals surface area contributed by atoms with E-state index in [1.165, 1.54) is 5.56 Å². The summed E-state index contributed by atoms with van der Waals surface area (Å²) >= 11 is 0. The summed E-state index contributed by atoms with van der Waals surface area (Å²) in [5.41, 5.74) is 9.62. The Kier molecular flexibility index (Phi) is 3.18.